The lowest BCUT2D eigenvalue weighted by Gasteiger charge is -2.42. The van der Waals surface area contributed by atoms with Gasteiger partial charge in [0.25, 0.3) is 0 Å². The summed E-state index contributed by atoms with van der Waals surface area (Å²) in [4.78, 5) is 29.1. The molecule has 6 rings (SSSR count). The van der Waals surface area contributed by atoms with Gasteiger partial charge >= 0.3 is 7.12 Å². The highest BCUT2D eigenvalue weighted by atomic mass is 127. The van der Waals surface area contributed by atoms with Crippen LogP contribution in [0.4, 0.5) is 17.1 Å². The molecule has 0 aromatic heterocycles. The van der Waals surface area contributed by atoms with Gasteiger partial charge < -0.3 is 24.8 Å². The first-order valence-electron chi connectivity index (χ1n) is 15.8. The summed E-state index contributed by atoms with van der Waals surface area (Å²) < 4.78 is 12.2. The van der Waals surface area contributed by atoms with Gasteiger partial charge in [0.15, 0.2) is 11.5 Å². The van der Waals surface area contributed by atoms with E-state index in [0.29, 0.717) is 34.2 Å². The van der Waals surface area contributed by atoms with Gasteiger partial charge in [-0.2, -0.15) is 0 Å². The number of allylic oxidation sites excluding steroid dienone is 2. The van der Waals surface area contributed by atoms with Crippen molar-refractivity contribution in [3.8, 4) is 11.5 Å². The lowest BCUT2D eigenvalue weighted by molar-refractivity contribution is -0.122. The fraction of sp³-hybridized carbons (Fsp3) is 0.333. The SMILES string of the molecule is CC/C(=C\c1cc(I)c(O)c(OC)c1)CC[C@H]1OB(O)C[C@H]2C1=C(C)C[C@H]1C(=O)N(c3ccc(Nc4ccccc4)cc3)C(=O)[C@H]12. The second-order valence-corrected chi connectivity index (χ2v) is 13.5. The van der Waals surface area contributed by atoms with Crippen LogP contribution in [0.5, 0.6) is 11.5 Å². The summed E-state index contributed by atoms with van der Waals surface area (Å²) in [5.74, 6) is -1.06. The number of anilines is 3. The highest BCUT2D eigenvalue weighted by molar-refractivity contribution is 14.1. The first-order valence-corrected chi connectivity index (χ1v) is 16.8. The quantitative estimate of drug-likeness (QED) is 0.0915. The van der Waals surface area contributed by atoms with E-state index < -0.39 is 19.0 Å². The molecular weight excluding hydrogens is 694 g/mol. The molecule has 3 N–H and O–H groups in total. The largest absolute Gasteiger partial charge is 0.504 e. The summed E-state index contributed by atoms with van der Waals surface area (Å²) in [7, 11) is 0.525. The number of amides is 2. The van der Waals surface area contributed by atoms with E-state index in [1.54, 1.807) is 0 Å². The molecule has 46 heavy (non-hydrogen) atoms. The molecule has 8 nitrogen and oxygen atoms in total. The van der Waals surface area contributed by atoms with Crippen molar-refractivity contribution in [2.45, 2.75) is 52.0 Å². The Kier molecular flexibility index (Phi) is 9.58. The predicted molar refractivity (Wildman–Crippen MR) is 189 cm³/mol. The van der Waals surface area contributed by atoms with Gasteiger partial charge in [0, 0.05) is 11.4 Å². The number of rotatable bonds is 9. The highest BCUT2D eigenvalue weighted by Gasteiger charge is 2.57. The second kappa shape index (κ2) is 13.6. The Hall–Kier alpha value is -3.61. The number of carbonyl (C=O) groups excluding carboxylic acids is 2. The minimum atomic E-state index is -1.01. The van der Waals surface area contributed by atoms with Crippen LogP contribution in [0.2, 0.25) is 6.32 Å². The van der Waals surface area contributed by atoms with Gasteiger partial charge in [-0.25, -0.2) is 0 Å². The Labute approximate surface area is 283 Å². The Morgan fingerprint density at radius 2 is 1.80 bits per heavy atom. The van der Waals surface area contributed by atoms with E-state index in [1.807, 2.05) is 73.7 Å². The van der Waals surface area contributed by atoms with Crippen molar-refractivity contribution < 1.29 is 29.1 Å². The summed E-state index contributed by atoms with van der Waals surface area (Å²) in [5.41, 5.74) is 6.65. The van der Waals surface area contributed by atoms with Crippen molar-refractivity contribution in [1.82, 2.24) is 0 Å². The Bertz CT molecular complexity index is 1690. The van der Waals surface area contributed by atoms with Crippen LogP contribution in [0.15, 0.2) is 83.4 Å². The molecule has 3 aromatic carbocycles. The lowest BCUT2D eigenvalue weighted by atomic mass is 9.59. The number of carbonyl (C=O) groups is 2. The number of hydrogen-bond acceptors (Lipinski definition) is 7. The molecule has 2 fully saturated rings. The molecule has 238 valence electrons. The maximum atomic E-state index is 14.0. The van der Waals surface area contributed by atoms with Gasteiger partial charge in [-0.3, -0.25) is 14.5 Å². The standard InChI is InChI=1S/C36H38BIN2O6/c1-4-22(17-23-18-29(38)34(41)31(19-23)45-3)10-15-30-32-21(2)16-27-33(28(32)20-37(44)46-30)36(43)40(35(27)42)26-13-11-25(12-14-26)39-24-8-6-5-7-9-24/h5-9,11-14,17-19,27-28,30,33,39,41,44H,4,10,15-16,20H2,1-3H3/b22-17+/t27-,28+,30-,33-/m1/s1. The van der Waals surface area contributed by atoms with Crippen LogP contribution in [0.25, 0.3) is 6.08 Å². The molecule has 0 unspecified atom stereocenters. The van der Waals surface area contributed by atoms with E-state index in [-0.39, 0.29) is 29.6 Å². The summed E-state index contributed by atoms with van der Waals surface area (Å²) in [6.45, 7) is 4.14. The molecule has 0 radical (unpaired) electrons. The predicted octanol–water partition coefficient (Wildman–Crippen LogP) is 7.34. The average Bonchev–Trinajstić information content (AvgIpc) is 3.30. The van der Waals surface area contributed by atoms with E-state index in [4.69, 9.17) is 9.39 Å². The Morgan fingerprint density at radius 1 is 1.09 bits per heavy atom. The van der Waals surface area contributed by atoms with Crippen molar-refractivity contribution >= 4 is 64.7 Å². The third kappa shape index (κ3) is 6.35. The van der Waals surface area contributed by atoms with Crippen LogP contribution in [0, 0.1) is 21.3 Å². The number of fused-ring (bicyclic) bond motifs is 3. The maximum Gasteiger partial charge on any atom is 0.455 e. The molecule has 2 saturated heterocycles. The number of ether oxygens (including phenoxy) is 1. The van der Waals surface area contributed by atoms with Crippen LogP contribution >= 0.6 is 22.6 Å². The van der Waals surface area contributed by atoms with Gasteiger partial charge in [0.2, 0.25) is 11.8 Å². The summed E-state index contributed by atoms with van der Waals surface area (Å²) in [5, 5.41) is 24.4. The van der Waals surface area contributed by atoms with Gasteiger partial charge in [-0.15, -0.1) is 0 Å². The van der Waals surface area contributed by atoms with E-state index in [9.17, 15) is 19.7 Å². The van der Waals surface area contributed by atoms with Crippen LogP contribution in [-0.4, -0.2) is 42.3 Å². The number of imide groups is 1. The maximum absolute atomic E-state index is 14.0. The van der Waals surface area contributed by atoms with Gasteiger partial charge in [0.05, 0.1) is 34.3 Å². The first kappa shape index (κ1) is 32.3. The number of phenols is 1. The zero-order valence-corrected chi connectivity index (χ0v) is 28.4. The van der Waals surface area contributed by atoms with Crippen LogP contribution in [0.1, 0.15) is 45.1 Å². The summed E-state index contributed by atoms with van der Waals surface area (Å²) in [6.07, 6.45) is 4.75. The molecule has 0 spiro atoms. The van der Waals surface area contributed by atoms with Crippen LogP contribution in [-0.2, 0) is 14.2 Å². The van der Waals surface area contributed by atoms with Crippen molar-refractivity contribution in [1.29, 1.82) is 0 Å². The number of methoxy groups -OCH3 is 1. The molecule has 3 aliphatic rings. The molecule has 0 saturated carbocycles. The Balaban J connectivity index is 1.20. The van der Waals surface area contributed by atoms with Gasteiger partial charge in [-0.1, -0.05) is 42.3 Å². The fourth-order valence-electron chi connectivity index (χ4n) is 7.29. The smallest absolute Gasteiger partial charge is 0.455 e. The monoisotopic (exact) mass is 732 g/mol. The van der Waals surface area contributed by atoms with Gasteiger partial charge in [0.1, 0.15) is 0 Å². The van der Waals surface area contributed by atoms with Crippen LogP contribution in [0.3, 0.4) is 0 Å². The fourth-order valence-corrected chi connectivity index (χ4v) is 7.92. The molecular formula is C36H38BIN2O6. The zero-order valence-electron chi connectivity index (χ0n) is 26.2. The van der Waals surface area contributed by atoms with Crippen molar-refractivity contribution in [3.05, 3.63) is 92.6 Å². The Morgan fingerprint density at radius 3 is 2.50 bits per heavy atom. The van der Waals surface area contributed by atoms with Gasteiger partial charge in [-0.05, 0) is 127 Å². The third-order valence-corrected chi connectivity index (χ3v) is 10.3. The number of para-hydroxylation sites is 1. The number of benzene rings is 3. The average molecular weight is 732 g/mol. The van der Waals surface area contributed by atoms with E-state index in [1.165, 1.54) is 17.6 Å². The second-order valence-electron chi connectivity index (χ2n) is 12.3. The number of hydrogen-bond donors (Lipinski definition) is 3. The number of nitrogens with zero attached hydrogens (tertiary/aromatic N) is 1. The molecule has 3 aromatic rings. The van der Waals surface area contributed by atoms with Crippen molar-refractivity contribution in [2.75, 3.05) is 17.3 Å². The van der Waals surface area contributed by atoms with E-state index in [0.717, 1.165) is 40.9 Å². The number of halogens is 1. The van der Waals surface area contributed by atoms with E-state index >= 15 is 0 Å². The lowest BCUT2D eigenvalue weighted by Crippen LogP contribution is -2.46. The molecule has 1 aliphatic carbocycles. The van der Waals surface area contributed by atoms with Crippen molar-refractivity contribution in [2.24, 2.45) is 17.8 Å². The highest BCUT2D eigenvalue weighted by Crippen LogP contribution is 2.51. The topological polar surface area (TPSA) is 108 Å². The molecule has 0 bridgehead atoms. The minimum Gasteiger partial charge on any atom is -0.504 e. The van der Waals surface area contributed by atoms with Crippen molar-refractivity contribution in [3.63, 3.8) is 0 Å². The molecule has 2 heterocycles. The normalized spacial score (nSPS) is 23.0. The molecule has 4 atom stereocenters. The zero-order chi connectivity index (χ0) is 32.5. The first-order chi connectivity index (χ1) is 22.2. The van der Waals surface area contributed by atoms with E-state index in [2.05, 4.69) is 40.9 Å². The number of phenolic OH excluding ortho intramolecular Hbond substituents is 1. The minimum absolute atomic E-state index is 0.127. The van der Waals surface area contributed by atoms with Crippen LogP contribution < -0.4 is 15.0 Å². The third-order valence-electron chi connectivity index (χ3n) is 9.46. The molecule has 10 heteroatoms. The number of nitrogens with one attached hydrogen (secondary N) is 1. The molecule has 2 aliphatic heterocycles. The summed E-state index contributed by atoms with van der Waals surface area (Å²) in [6, 6.07) is 20.9. The molecule has 2 amide bonds. The summed E-state index contributed by atoms with van der Waals surface area (Å²) >= 11 is 2.09. The number of aromatic hydroxyl groups is 1.